The molecule has 6 heteroatoms. The summed E-state index contributed by atoms with van der Waals surface area (Å²) in [5.41, 5.74) is 10.2. The molecule has 0 unspecified atom stereocenters. The highest BCUT2D eigenvalue weighted by Crippen LogP contribution is 2.30. The third-order valence-electron chi connectivity index (χ3n) is 4.14. The van der Waals surface area contributed by atoms with Crippen LogP contribution in [0.5, 0.6) is 0 Å². The van der Waals surface area contributed by atoms with Crippen LogP contribution in [0.15, 0.2) is 48.5 Å². The Balaban J connectivity index is 2.06. The molecule has 25 heavy (non-hydrogen) atoms. The highest BCUT2D eigenvalue weighted by atomic mass is 16.1. The molecule has 0 aliphatic carbocycles. The Morgan fingerprint density at radius 3 is 2.32 bits per heavy atom. The van der Waals surface area contributed by atoms with Gasteiger partial charge in [-0.25, -0.2) is 9.97 Å². The predicted octanol–water partition coefficient (Wildman–Crippen LogP) is 3.23. The van der Waals surface area contributed by atoms with E-state index in [1.165, 1.54) is 6.92 Å². The van der Waals surface area contributed by atoms with E-state index in [-0.39, 0.29) is 11.6 Å². The number of carbonyl (C=O) groups is 1. The van der Waals surface area contributed by atoms with Crippen molar-refractivity contribution in [2.75, 3.05) is 5.73 Å². The summed E-state index contributed by atoms with van der Waals surface area (Å²) in [6, 6.07) is 16.6. The minimum absolute atomic E-state index is 0.0135. The summed E-state index contributed by atoms with van der Waals surface area (Å²) in [6.07, 6.45) is 0. The quantitative estimate of drug-likeness (QED) is 0.570. The average Bonchev–Trinajstić information content (AvgIpc) is 2.90. The van der Waals surface area contributed by atoms with Crippen molar-refractivity contribution < 1.29 is 4.79 Å². The summed E-state index contributed by atoms with van der Waals surface area (Å²) in [7, 11) is 0. The van der Waals surface area contributed by atoms with Gasteiger partial charge in [0.2, 0.25) is 0 Å². The number of benzene rings is 2. The number of anilines is 1. The van der Waals surface area contributed by atoms with Crippen molar-refractivity contribution in [2.45, 2.75) is 6.92 Å². The smallest absolute Gasteiger partial charge is 0.167 e. The van der Waals surface area contributed by atoms with E-state index >= 15 is 0 Å². The molecule has 0 bridgehead atoms. The number of para-hydroxylation sites is 2. The van der Waals surface area contributed by atoms with E-state index in [0.29, 0.717) is 27.8 Å². The molecular formula is C19H13N5O. The SMILES string of the molecule is CC(=O)c1ccc(-n2c(N)c(C#N)c3nc4ccccc4nc32)cc1. The zero-order valence-electron chi connectivity index (χ0n) is 13.4. The molecule has 2 heterocycles. The average molecular weight is 327 g/mol. The number of nitriles is 1. The van der Waals surface area contributed by atoms with Crippen LogP contribution in [0, 0.1) is 11.3 Å². The van der Waals surface area contributed by atoms with Gasteiger partial charge in [0.25, 0.3) is 0 Å². The minimum Gasteiger partial charge on any atom is -0.384 e. The Kier molecular flexibility index (Phi) is 3.22. The van der Waals surface area contributed by atoms with Crippen LogP contribution in [0.3, 0.4) is 0 Å². The largest absolute Gasteiger partial charge is 0.384 e. The van der Waals surface area contributed by atoms with Gasteiger partial charge in [-0.1, -0.05) is 12.1 Å². The summed E-state index contributed by atoms with van der Waals surface area (Å²) in [5.74, 6) is 0.267. The summed E-state index contributed by atoms with van der Waals surface area (Å²) < 4.78 is 1.69. The van der Waals surface area contributed by atoms with E-state index in [4.69, 9.17) is 5.73 Å². The van der Waals surface area contributed by atoms with Gasteiger partial charge in [-0.2, -0.15) is 5.26 Å². The van der Waals surface area contributed by atoms with Gasteiger partial charge >= 0.3 is 0 Å². The lowest BCUT2D eigenvalue weighted by molar-refractivity contribution is 0.101. The Morgan fingerprint density at radius 1 is 1.08 bits per heavy atom. The molecule has 6 nitrogen and oxygen atoms in total. The van der Waals surface area contributed by atoms with Crippen LogP contribution >= 0.6 is 0 Å². The van der Waals surface area contributed by atoms with E-state index in [1.54, 1.807) is 28.8 Å². The molecule has 0 fully saturated rings. The molecule has 0 saturated carbocycles. The number of fused-ring (bicyclic) bond motifs is 2. The monoisotopic (exact) mass is 327 g/mol. The van der Waals surface area contributed by atoms with E-state index < -0.39 is 0 Å². The van der Waals surface area contributed by atoms with Gasteiger partial charge in [-0.3, -0.25) is 9.36 Å². The van der Waals surface area contributed by atoms with Crippen LogP contribution in [-0.2, 0) is 0 Å². The second-order valence-corrected chi connectivity index (χ2v) is 5.70. The maximum atomic E-state index is 11.5. The highest BCUT2D eigenvalue weighted by Gasteiger charge is 2.19. The first kappa shape index (κ1) is 14.8. The normalized spacial score (nSPS) is 10.9. The first-order valence-corrected chi connectivity index (χ1v) is 7.68. The second kappa shape index (κ2) is 5.42. The molecule has 120 valence electrons. The topological polar surface area (TPSA) is 97.6 Å². The van der Waals surface area contributed by atoms with Gasteiger partial charge in [0.05, 0.1) is 11.0 Å². The standard InChI is InChI=1S/C19H13N5O/c1-11(25)12-6-8-13(9-7-12)24-18(21)14(10-20)17-19(24)23-16-5-3-2-4-15(16)22-17/h2-9H,21H2,1H3. The molecule has 0 spiro atoms. The lowest BCUT2D eigenvalue weighted by atomic mass is 10.1. The molecule has 2 aromatic heterocycles. The van der Waals surface area contributed by atoms with Gasteiger partial charge < -0.3 is 5.73 Å². The van der Waals surface area contributed by atoms with E-state index in [9.17, 15) is 10.1 Å². The van der Waals surface area contributed by atoms with Crippen molar-refractivity contribution in [3.63, 3.8) is 0 Å². The molecule has 0 aliphatic rings. The van der Waals surface area contributed by atoms with Crippen molar-refractivity contribution in [2.24, 2.45) is 0 Å². The fraction of sp³-hybridized carbons (Fsp3) is 0.0526. The third kappa shape index (κ3) is 2.22. The molecule has 0 radical (unpaired) electrons. The van der Waals surface area contributed by atoms with Gasteiger partial charge in [-0.05, 0) is 43.3 Å². The van der Waals surface area contributed by atoms with E-state index in [1.807, 2.05) is 24.3 Å². The molecule has 2 N–H and O–H groups in total. The van der Waals surface area contributed by atoms with Crippen LogP contribution in [0.1, 0.15) is 22.8 Å². The zero-order valence-corrected chi connectivity index (χ0v) is 13.4. The number of carbonyl (C=O) groups excluding carboxylic acids is 1. The fourth-order valence-corrected chi connectivity index (χ4v) is 2.88. The van der Waals surface area contributed by atoms with Crippen molar-refractivity contribution in [3.05, 3.63) is 59.7 Å². The maximum absolute atomic E-state index is 11.5. The maximum Gasteiger partial charge on any atom is 0.167 e. The number of nitrogen functional groups attached to an aromatic ring is 1. The Bertz CT molecular complexity index is 1180. The predicted molar refractivity (Wildman–Crippen MR) is 95.5 cm³/mol. The van der Waals surface area contributed by atoms with Gasteiger partial charge in [0.15, 0.2) is 11.4 Å². The summed E-state index contributed by atoms with van der Waals surface area (Å²) >= 11 is 0. The summed E-state index contributed by atoms with van der Waals surface area (Å²) in [5, 5.41) is 9.51. The number of Topliss-reactive ketones (excluding diaryl/α,β-unsaturated/α-hetero) is 1. The lowest BCUT2D eigenvalue weighted by Crippen LogP contribution is -2.02. The number of hydrogen-bond acceptors (Lipinski definition) is 5. The zero-order chi connectivity index (χ0) is 17.6. The molecule has 0 amide bonds. The Morgan fingerprint density at radius 2 is 1.72 bits per heavy atom. The molecule has 0 atom stereocenters. The molecule has 4 aromatic rings. The van der Waals surface area contributed by atoms with Gasteiger partial charge in [0, 0.05) is 11.3 Å². The number of nitrogens with two attached hydrogens (primary N) is 1. The third-order valence-corrected chi connectivity index (χ3v) is 4.14. The minimum atomic E-state index is -0.0135. The number of aromatic nitrogens is 3. The molecule has 0 aliphatic heterocycles. The highest BCUT2D eigenvalue weighted by molar-refractivity contribution is 5.95. The van der Waals surface area contributed by atoms with Crippen LogP contribution in [0.4, 0.5) is 5.82 Å². The Labute approximate surface area is 143 Å². The molecular weight excluding hydrogens is 314 g/mol. The van der Waals surface area contributed by atoms with Crippen LogP contribution in [0.25, 0.3) is 27.9 Å². The first-order chi connectivity index (χ1) is 12.1. The fourth-order valence-electron chi connectivity index (χ4n) is 2.88. The second-order valence-electron chi connectivity index (χ2n) is 5.70. The number of hydrogen-bond donors (Lipinski definition) is 1. The number of ketones is 1. The van der Waals surface area contributed by atoms with Crippen molar-refractivity contribution in [1.82, 2.24) is 14.5 Å². The molecule has 2 aromatic carbocycles. The van der Waals surface area contributed by atoms with Gasteiger partial charge in [0.1, 0.15) is 23.0 Å². The van der Waals surface area contributed by atoms with Crippen LogP contribution in [-0.4, -0.2) is 20.3 Å². The number of rotatable bonds is 2. The van der Waals surface area contributed by atoms with Crippen LogP contribution < -0.4 is 5.73 Å². The van der Waals surface area contributed by atoms with Crippen LogP contribution in [0.2, 0.25) is 0 Å². The summed E-state index contributed by atoms with van der Waals surface area (Å²) in [6.45, 7) is 1.51. The van der Waals surface area contributed by atoms with Gasteiger partial charge in [-0.15, -0.1) is 0 Å². The van der Waals surface area contributed by atoms with E-state index in [2.05, 4.69) is 16.0 Å². The lowest BCUT2D eigenvalue weighted by Gasteiger charge is -2.08. The van der Waals surface area contributed by atoms with Crippen molar-refractivity contribution >= 4 is 33.8 Å². The Hall–Kier alpha value is -3.72. The van der Waals surface area contributed by atoms with Crippen molar-refractivity contribution in [3.8, 4) is 11.8 Å². The van der Waals surface area contributed by atoms with E-state index in [0.717, 1.165) is 11.2 Å². The molecule has 0 saturated heterocycles. The molecule has 4 rings (SSSR count). The van der Waals surface area contributed by atoms with Crippen molar-refractivity contribution in [1.29, 1.82) is 5.26 Å². The first-order valence-electron chi connectivity index (χ1n) is 7.68. The summed E-state index contributed by atoms with van der Waals surface area (Å²) in [4.78, 5) is 20.7. The number of nitrogens with zero attached hydrogens (tertiary/aromatic N) is 4.